The molecule has 24 heavy (non-hydrogen) atoms. The van der Waals surface area contributed by atoms with E-state index in [-0.39, 0.29) is 6.61 Å². The van der Waals surface area contributed by atoms with Gasteiger partial charge in [-0.05, 0) is 32.9 Å². The van der Waals surface area contributed by atoms with Crippen molar-refractivity contribution in [1.29, 1.82) is 0 Å². The highest BCUT2D eigenvalue weighted by molar-refractivity contribution is 5.00. The summed E-state index contributed by atoms with van der Waals surface area (Å²) in [5.74, 6) is 1.83. The maximum atomic E-state index is 12.0. The second-order valence-corrected chi connectivity index (χ2v) is 6.63. The molecule has 3 rings (SSSR count). The van der Waals surface area contributed by atoms with Gasteiger partial charge in [-0.25, -0.2) is 0 Å². The van der Waals surface area contributed by atoms with Crippen LogP contribution in [0.5, 0.6) is 0 Å². The van der Waals surface area contributed by atoms with E-state index in [2.05, 4.69) is 24.7 Å². The molecule has 6 nitrogen and oxygen atoms in total. The zero-order valence-electron chi connectivity index (χ0n) is 13.8. The number of nitrogens with zero attached hydrogens (tertiary/aromatic N) is 4. The van der Waals surface area contributed by atoms with Crippen LogP contribution in [0.3, 0.4) is 0 Å². The van der Waals surface area contributed by atoms with Gasteiger partial charge in [-0.1, -0.05) is 0 Å². The minimum atomic E-state index is -4.25. The van der Waals surface area contributed by atoms with E-state index in [0.29, 0.717) is 30.9 Å². The second kappa shape index (κ2) is 7.37. The van der Waals surface area contributed by atoms with Gasteiger partial charge in [-0.3, -0.25) is 9.80 Å². The Morgan fingerprint density at radius 3 is 2.79 bits per heavy atom. The number of alkyl halides is 3. The monoisotopic (exact) mass is 348 g/mol. The van der Waals surface area contributed by atoms with Crippen molar-refractivity contribution >= 4 is 0 Å². The Morgan fingerprint density at radius 1 is 1.29 bits per heavy atom. The fourth-order valence-corrected chi connectivity index (χ4v) is 2.92. The van der Waals surface area contributed by atoms with Gasteiger partial charge in [0.25, 0.3) is 0 Å². The topological polar surface area (TPSA) is 54.6 Å². The van der Waals surface area contributed by atoms with E-state index in [1.807, 2.05) is 7.05 Å². The van der Waals surface area contributed by atoms with E-state index in [1.54, 1.807) is 0 Å². The molecule has 1 aliphatic heterocycles. The second-order valence-electron chi connectivity index (χ2n) is 6.63. The fraction of sp³-hybridized carbons (Fsp3) is 0.867. The van der Waals surface area contributed by atoms with Crippen molar-refractivity contribution in [3.05, 3.63) is 11.8 Å². The van der Waals surface area contributed by atoms with Gasteiger partial charge in [0.2, 0.25) is 11.8 Å². The third kappa shape index (κ3) is 5.15. The first-order chi connectivity index (χ1) is 11.4. The lowest BCUT2D eigenvalue weighted by Crippen LogP contribution is -2.35. The van der Waals surface area contributed by atoms with E-state index in [0.717, 1.165) is 38.2 Å². The number of aromatic nitrogens is 2. The van der Waals surface area contributed by atoms with Gasteiger partial charge in [-0.2, -0.15) is 13.2 Å². The third-order valence-electron chi connectivity index (χ3n) is 4.48. The van der Waals surface area contributed by atoms with E-state index >= 15 is 0 Å². The molecule has 0 amide bonds. The lowest BCUT2D eigenvalue weighted by Gasteiger charge is -2.23. The number of likely N-dealkylation sites (tertiary alicyclic amines) is 1. The van der Waals surface area contributed by atoms with Gasteiger partial charge in [-0.15, -0.1) is 10.2 Å². The predicted molar refractivity (Wildman–Crippen MR) is 79.5 cm³/mol. The summed E-state index contributed by atoms with van der Waals surface area (Å²) in [6, 6.07) is 0.337. The van der Waals surface area contributed by atoms with E-state index in [1.165, 1.54) is 0 Å². The van der Waals surface area contributed by atoms with Crippen LogP contribution in [0.1, 0.15) is 37.0 Å². The Morgan fingerprint density at radius 2 is 2.08 bits per heavy atom. The molecule has 0 spiro atoms. The SMILES string of the molecule is CN(Cc1nnc(C2CC2)o1)[C@H]1CCN(CCOCC(F)(F)F)C1. The number of ether oxygens (including phenoxy) is 1. The largest absolute Gasteiger partial charge is 0.424 e. The van der Waals surface area contributed by atoms with Crippen molar-refractivity contribution < 1.29 is 22.3 Å². The van der Waals surface area contributed by atoms with Crippen LogP contribution < -0.4 is 0 Å². The van der Waals surface area contributed by atoms with Crippen LogP contribution in [0.2, 0.25) is 0 Å². The molecular weight excluding hydrogens is 325 g/mol. The molecule has 9 heteroatoms. The number of hydrogen-bond acceptors (Lipinski definition) is 6. The number of halogens is 3. The zero-order valence-corrected chi connectivity index (χ0v) is 13.8. The van der Waals surface area contributed by atoms with Crippen molar-refractivity contribution in [2.75, 3.05) is 39.9 Å². The molecule has 2 heterocycles. The average Bonchev–Trinajstić information content (AvgIpc) is 3.07. The Bertz CT molecular complexity index is 533. The molecule has 0 unspecified atom stereocenters. The fourth-order valence-electron chi connectivity index (χ4n) is 2.92. The standard InChI is InChI=1S/C15H23F3N4O2/c1-21(9-13-19-20-14(24-13)11-2-3-11)12-4-5-22(8-12)6-7-23-10-15(16,17)18/h11-12H,2-10H2,1H3/t12-/m0/s1. The molecule has 0 aromatic carbocycles. The van der Waals surface area contributed by atoms with Crippen LogP contribution in [-0.2, 0) is 11.3 Å². The van der Waals surface area contributed by atoms with Gasteiger partial charge in [0.15, 0.2) is 0 Å². The molecule has 2 aliphatic rings. The quantitative estimate of drug-likeness (QED) is 0.670. The summed E-state index contributed by atoms with van der Waals surface area (Å²) in [7, 11) is 2.01. The van der Waals surface area contributed by atoms with Gasteiger partial charge >= 0.3 is 6.18 Å². The van der Waals surface area contributed by atoms with Crippen molar-refractivity contribution in [2.45, 2.75) is 43.9 Å². The number of rotatable bonds is 8. The maximum Gasteiger partial charge on any atom is 0.411 e. The number of likely N-dealkylation sites (N-methyl/N-ethyl adjacent to an activating group) is 1. The molecule has 1 atom stereocenters. The molecule has 2 fully saturated rings. The molecular formula is C15H23F3N4O2. The normalized spacial score (nSPS) is 22.6. The summed E-state index contributed by atoms with van der Waals surface area (Å²) in [6.45, 7) is 1.72. The predicted octanol–water partition coefficient (Wildman–Crippen LogP) is 2.03. The first kappa shape index (κ1) is 17.6. The smallest absolute Gasteiger partial charge is 0.411 e. The van der Waals surface area contributed by atoms with E-state index in [4.69, 9.17) is 4.42 Å². The first-order valence-corrected chi connectivity index (χ1v) is 8.30. The minimum absolute atomic E-state index is 0.102. The highest BCUT2D eigenvalue weighted by Crippen LogP contribution is 2.39. The summed E-state index contributed by atoms with van der Waals surface area (Å²) in [6.07, 6.45) is -1.02. The van der Waals surface area contributed by atoms with Crippen LogP contribution in [0, 0.1) is 0 Å². The molecule has 0 radical (unpaired) electrons. The molecule has 1 saturated carbocycles. The Kier molecular flexibility index (Phi) is 5.41. The zero-order chi connectivity index (χ0) is 17.2. The van der Waals surface area contributed by atoms with E-state index in [9.17, 15) is 13.2 Å². The van der Waals surface area contributed by atoms with Gasteiger partial charge in [0.1, 0.15) is 6.61 Å². The Labute approximate surface area is 138 Å². The third-order valence-corrected chi connectivity index (χ3v) is 4.48. The molecule has 136 valence electrons. The van der Waals surface area contributed by atoms with Crippen molar-refractivity contribution in [1.82, 2.24) is 20.0 Å². The van der Waals surface area contributed by atoms with Crippen LogP contribution in [0.25, 0.3) is 0 Å². The summed E-state index contributed by atoms with van der Waals surface area (Å²) in [5.41, 5.74) is 0. The molecule has 1 aromatic heterocycles. The Hall–Kier alpha value is -1.19. The lowest BCUT2D eigenvalue weighted by atomic mass is 10.2. The number of hydrogen-bond donors (Lipinski definition) is 0. The highest BCUT2D eigenvalue weighted by atomic mass is 19.4. The highest BCUT2D eigenvalue weighted by Gasteiger charge is 2.31. The van der Waals surface area contributed by atoms with Crippen LogP contribution in [0.15, 0.2) is 4.42 Å². The molecule has 0 bridgehead atoms. The summed E-state index contributed by atoms with van der Waals surface area (Å²) >= 11 is 0. The van der Waals surface area contributed by atoms with Crippen LogP contribution in [0.4, 0.5) is 13.2 Å². The van der Waals surface area contributed by atoms with Crippen LogP contribution in [-0.4, -0.2) is 72.1 Å². The van der Waals surface area contributed by atoms with Gasteiger partial charge < -0.3 is 9.15 Å². The summed E-state index contributed by atoms with van der Waals surface area (Å²) < 4.78 is 46.4. The summed E-state index contributed by atoms with van der Waals surface area (Å²) in [5, 5.41) is 8.17. The van der Waals surface area contributed by atoms with Crippen molar-refractivity contribution in [3.63, 3.8) is 0 Å². The molecule has 0 N–H and O–H groups in total. The van der Waals surface area contributed by atoms with Crippen LogP contribution >= 0.6 is 0 Å². The maximum absolute atomic E-state index is 12.0. The van der Waals surface area contributed by atoms with Crippen molar-refractivity contribution in [2.24, 2.45) is 0 Å². The summed E-state index contributed by atoms with van der Waals surface area (Å²) in [4.78, 5) is 4.29. The van der Waals surface area contributed by atoms with Crippen molar-refractivity contribution in [3.8, 4) is 0 Å². The molecule has 1 aliphatic carbocycles. The van der Waals surface area contributed by atoms with Gasteiger partial charge in [0.05, 0.1) is 13.2 Å². The van der Waals surface area contributed by atoms with E-state index < -0.39 is 12.8 Å². The minimum Gasteiger partial charge on any atom is -0.424 e. The van der Waals surface area contributed by atoms with Gasteiger partial charge in [0, 0.05) is 25.0 Å². The lowest BCUT2D eigenvalue weighted by molar-refractivity contribution is -0.174. The molecule has 1 saturated heterocycles. The molecule has 1 aromatic rings. The first-order valence-electron chi connectivity index (χ1n) is 8.30. The average molecular weight is 348 g/mol. The Balaban J connectivity index is 1.36.